The molecule has 5 rings (SSSR count). The maximum atomic E-state index is 5.98. The van der Waals surface area contributed by atoms with E-state index in [2.05, 4.69) is 79.0 Å². The number of anilines is 1. The van der Waals surface area contributed by atoms with Gasteiger partial charge in [0.25, 0.3) is 0 Å². The fourth-order valence-electron chi connectivity index (χ4n) is 4.72. The summed E-state index contributed by atoms with van der Waals surface area (Å²) in [5.74, 6) is 2.83. The molecule has 2 aliphatic rings. The molecule has 1 N–H and O–H groups in total. The molecule has 1 aliphatic heterocycles. The third-order valence-corrected chi connectivity index (χ3v) is 6.29. The molecule has 0 radical (unpaired) electrons. The van der Waals surface area contributed by atoms with Crippen molar-refractivity contribution >= 4 is 5.69 Å². The van der Waals surface area contributed by atoms with E-state index < -0.39 is 0 Å². The molecule has 0 saturated carbocycles. The third kappa shape index (κ3) is 4.18. The zero-order chi connectivity index (χ0) is 21.0. The fraction of sp³-hybridized carbons (Fsp3) is 0.286. The third-order valence-electron chi connectivity index (χ3n) is 6.29. The lowest BCUT2D eigenvalue weighted by atomic mass is 9.77. The van der Waals surface area contributed by atoms with Crippen molar-refractivity contribution < 1.29 is 9.47 Å². The molecule has 0 saturated heterocycles. The van der Waals surface area contributed by atoms with Crippen LogP contribution in [0.2, 0.25) is 0 Å². The highest BCUT2D eigenvalue weighted by molar-refractivity contribution is 5.61. The van der Waals surface area contributed by atoms with Gasteiger partial charge in [-0.15, -0.1) is 0 Å². The highest BCUT2D eigenvalue weighted by Crippen LogP contribution is 2.50. The van der Waals surface area contributed by atoms with Crippen LogP contribution in [0.3, 0.4) is 0 Å². The van der Waals surface area contributed by atoms with E-state index in [1.807, 2.05) is 18.2 Å². The quantitative estimate of drug-likeness (QED) is 0.430. The Morgan fingerprint density at radius 2 is 1.71 bits per heavy atom. The number of rotatable bonds is 7. The van der Waals surface area contributed by atoms with Crippen LogP contribution in [0.1, 0.15) is 48.4 Å². The monoisotopic (exact) mass is 411 g/mol. The number of fused-ring (bicyclic) bond motifs is 3. The molecule has 31 heavy (non-hydrogen) atoms. The molecule has 1 heterocycles. The van der Waals surface area contributed by atoms with Gasteiger partial charge in [0, 0.05) is 11.6 Å². The second-order valence-electron chi connectivity index (χ2n) is 8.42. The molecule has 0 fully saturated rings. The fourth-order valence-corrected chi connectivity index (χ4v) is 4.72. The lowest BCUT2D eigenvalue weighted by Crippen LogP contribution is -2.29. The van der Waals surface area contributed by atoms with E-state index in [1.54, 1.807) is 0 Å². The largest absolute Gasteiger partial charge is 0.494 e. The molecule has 0 bridgehead atoms. The Morgan fingerprint density at radius 3 is 2.52 bits per heavy atom. The summed E-state index contributed by atoms with van der Waals surface area (Å²) in [6.07, 6.45) is 6.82. The van der Waals surface area contributed by atoms with Gasteiger partial charge >= 0.3 is 0 Å². The van der Waals surface area contributed by atoms with Crippen molar-refractivity contribution in [3.05, 3.63) is 102 Å². The van der Waals surface area contributed by atoms with Crippen LogP contribution in [-0.2, 0) is 6.61 Å². The molecular weight excluding hydrogens is 382 g/mol. The summed E-state index contributed by atoms with van der Waals surface area (Å²) < 4.78 is 11.9. The molecule has 3 aromatic carbocycles. The topological polar surface area (TPSA) is 30.5 Å². The zero-order valence-electron chi connectivity index (χ0n) is 18.0. The average molecular weight is 412 g/mol. The van der Waals surface area contributed by atoms with Crippen LogP contribution in [0, 0.1) is 5.92 Å². The Morgan fingerprint density at radius 1 is 0.903 bits per heavy atom. The summed E-state index contributed by atoms with van der Waals surface area (Å²) in [5, 5.41) is 3.81. The molecule has 0 amide bonds. The van der Waals surface area contributed by atoms with Gasteiger partial charge in [0.2, 0.25) is 0 Å². The van der Waals surface area contributed by atoms with Crippen LogP contribution in [0.15, 0.2) is 84.9 Å². The van der Waals surface area contributed by atoms with E-state index in [-0.39, 0.29) is 6.04 Å². The number of benzene rings is 3. The summed E-state index contributed by atoms with van der Waals surface area (Å²) in [5.41, 5.74) is 5.06. The van der Waals surface area contributed by atoms with Crippen LogP contribution >= 0.6 is 0 Å². The van der Waals surface area contributed by atoms with Gasteiger partial charge in [0.15, 0.2) is 0 Å². The molecule has 3 unspecified atom stereocenters. The standard InChI is InChI=1S/C28H29NO2/c1-2-17-30-23-15-16-27-26(18-23)24-9-6-10-25(24)28(29-27)21-11-13-22(14-12-21)31-19-20-7-4-3-5-8-20/h3-9,11-16,18,24-25,28-29H,2,10,17,19H2,1H3. The lowest BCUT2D eigenvalue weighted by molar-refractivity contribution is 0.306. The summed E-state index contributed by atoms with van der Waals surface area (Å²) in [6, 6.07) is 25.6. The molecule has 3 atom stereocenters. The highest BCUT2D eigenvalue weighted by Gasteiger charge is 2.38. The summed E-state index contributed by atoms with van der Waals surface area (Å²) >= 11 is 0. The number of nitrogens with one attached hydrogen (secondary N) is 1. The van der Waals surface area contributed by atoms with Crippen LogP contribution in [0.25, 0.3) is 0 Å². The summed E-state index contributed by atoms with van der Waals surface area (Å²) in [4.78, 5) is 0. The van der Waals surface area contributed by atoms with Crippen molar-refractivity contribution in [1.82, 2.24) is 0 Å². The number of hydrogen-bond donors (Lipinski definition) is 1. The van der Waals surface area contributed by atoms with E-state index in [0.29, 0.717) is 18.4 Å². The first-order valence-corrected chi connectivity index (χ1v) is 11.3. The van der Waals surface area contributed by atoms with Crippen molar-refractivity contribution in [3.63, 3.8) is 0 Å². The minimum Gasteiger partial charge on any atom is -0.494 e. The van der Waals surface area contributed by atoms with Gasteiger partial charge in [0.1, 0.15) is 18.1 Å². The van der Waals surface area contributed by atoms with Crippen molar-refractivity contribution in [2.45, 2.75) is 38.3 Å². The minimum atomic E-state index is 0.290. The maximum Gasteiger partial charge on any atom is 0.119 e. The number of ether oxygens (including phenoxy) is 2. The Balaban J connectivity index is 1.33. The van der Waals surface area contributed by atoms with Crippen molar-refractivity contribution in [2.75, 3.05) is 11.9 Å². The lowest BCUT2D eigenvalue weighted by Gasteiger charge is -2.37. The van der Waals surface area contributed by atoms with E-state index >= 15 is 0 Å². The van der Waals surface area contributed by atoms with Crippen LogP contribution in [0.5, 0.6) is 11.5 Å². The Labute approximate surface area is 184 Å². The first kappa shape index (κ1) is 19.7. The predicted molar refractivity (Wildman–Crippen MR) is 126 cm³/mol. The maximum absolute atomic E-state index is 5.98. The SMILES string of the molecule is CCCOc1ccc2c(c1)C1C=CCC1C(c1ccc(OCc3ccccc3)cc1)N2. The predicted octanol–water partition coefficient (Wildman–Crippen LogP) is 6.88. The smallest absolute Gasteiger partial charge is 0.119 e. The zero-order valence-corrected chi connectivity index (χ0v) is 18.0. The molecule has 1 aliphatic carbocycles. The van der Waals surface area contributed by atoms with E-state index in [0.717, 1.165) is 30.9 Å². The molecule has 3 aromatic rings. The minimum absolute atomic E-state index is 0.290. The van der Waals surface area contributed by atoms with Gasteiger partial charge < -0.3 is 14.8 Å². The first-order chi connectivity index (χ1) is 15.3. The Bertz CT molecular complexity index is 1040. The van der Waals surface area contributed by atoms with E-state index in [4.69, 9.17) is 9.47 Å². The van der Waals surface area contributed by atoms with Gasteiger partial charge in [-0.05, 0) is 65.8 Å². The molecular formula is C28H29NO2. The van der Waals surface area contributed by atoms with E-state index in [1.165, 1.54) is 22.4 Å². The number of hydrogen-bond acceptors (Lipinski definition) is 3. The first-order valence-electron chi connectivity index (χ1n) is 11.3. The molecule has 3 nitrogen and oxygen atoms in total. The Kier molecular flexibility index (Phi) is 5.66. The highest BCUT2D eigenvalue weighted by atomic mass is 16.5. The van der Waals surface area contributed by atoms with Gasteiger partial charge in [-0.25, -0.2) is 0 Å². The van der Waals surface area contributed by atoms with Gasteiger partial charge in [-0.3, -0.25) is 0 Å². The number of allylic oxidation sites excluding steroid dienone is 2. The van der Waals surface area contributed by atoms with Crippen LogP contribution < -0.4 is 14.8 Å². The second-order valence-corrected chi connectivity index (χ2v) is 8.42. The molecule has 3 heteroatoms. The molecule has 158 valence electrons. The van der Waals surface area contributed by atoms with Crippen molar-refractivity contribution in [3.8, 4) is 11.5 Å². The normalized spacial score (nSPS) is 21.1. The molecule has 0 aromatic heterocycles. The molecule has 0 spiro atoms. The van der Waals surface area contributed by atoms with Crippen molar-refractivity contribution in [1.29, 1.82) is 0 Å². The van der Waals surface area contributed by atoms with Crippen LogP contribution in [-0.4, -0.2) is 6.61 Å². The van der Waals surface area contributed by atoms with E-state index in [9.17, 15) is 0 Å². The van der Waals surface area contributed by atoms with Crippen molar-refractivity contribution in [2.24, 2.45) is 5.92 Å². The Hall–Kier alpha value is -3.20. The van der Waals surface area contributed by atoms with Gasteiger partial charge in [-0.1, -0.05) is 61.5 Å². The second kappa shape index (κ2) is 8.89. The van der Waals surface area contributed by atoms with Gasteiger partial charge in [0.05, 0.1) is 12.6 Å². The summed E-state index contributed by atoms with van der Waals surface area (Å²) in [6.45, 7) is 3.49. The van der Waals surface area contributed by atoms with Crippen LogP contribution in [0.4, 0.5) is 5.69 Å². The average Bonchev–Trinajstić information content (AvgIpc) is 3.32. The van der Waals surface area contributed by atoms with Gasteiger partial charge in [-0.2, -0.15) is 0 Å². The summed E-state index contributed by atoms with van der Waals surface area (Å²) in [7, 11) is 0.